The average molecular weight is 562 g/mol. The molecule has 1 saturated heterocycles. The number of hydrogen-bond donors (Lipinski definition) is 2. The number of halogens is 7. The molecule has 0 radical (unpaired) electrons. The third-order valence-corrected chi connectivity index (χ3v) is 5.92. The van der Waals surface area contributed by atoms with Crippen molar-refractivity contribution in [3.05, 3.63) is 63.8 Å². The molecule has 1 aliphatic rings. The molecule has 0 aromatic carbocycles. The summed E-state index contributed by atoms with van der Waals surface area (Å²) in [5, 5.41) is 7.59. The predicted molar refractivity (Wildman–Crippen MR) is 122 cm³/mol. The molecule has 0 saturated carbocycles. The van der Waals surface area contributed by atoms with E-state index < -0.39 is 52.6 Å². The maximum absolute atomic E-state index is 14.6. The summed E-state index contributed by atoms with van der Waals surface area (Å²) in [6, 6.07) is 0.197. The Bertz CT molecular complexity index is 1380. The lowest BCUT2D eigenvalue weighted by atomic mass is 10.2. The zero-order valence-corrected chi connectivity index (χ0v) is 20.1. The summed E-state index contributed by atoms with van der Waals surface area (Å²) < 4.78 is 93.5. The standard InChI is InChI=1S/C22H21F7N8O2/c1-12(33-15-9-32-34-18(38)17(15)22(27,28)29)10-37-11-13(6-16(37)23)19(39)35-2-4-36(5-3-35)20-30-7-14(8-31-20)21(24,25)26/h6-9,11-12H,2-5,10H2,1H3,(H2,33,34,38)/t12-/m0/s1. The Hall–Kier alpha value is -4.18. The Labute approximate surface area is 215 Å². The van der Waals surface area contributed by atoms with Gasteiger partial charge in [-0.15, -0.1) is 0 Å². The second-order valence-electron chi connectivity index (χ2n) is 8.78. The van der Waals surface area contributed by atoms with Crippen LogP contribution in [-0.2, 0) is 18.9 Å². The Balaban J connectivity index is 1.37. The summed E-state index contributed by atoms with van der Waals surface area (Å²) in [6.45, 7) is 2.08. The lowest BCUT2D eigenvalue weighted by Gasteiger charge is -2.34. The Morgan fingerprint density at radius 1 is 1.05 bits per heavy atom. The van der Waals surface area contributed by atoms with Crippen LogP contribution in [0.5, 0.6) is 0 Å². The molecule has 39 heavy (non-hydrogen) atoms. The molecule has 3 aromatic heterocycles. The molecule has 0 unspecified atom stereocenters. The number of nitrogens with one attached hydrogen (secondary N) is 2. The molecule has 0 bridgehead atoms. The maximum Gasteiger partial charge on any atom is 0.423 e. The molecule has 4 rings (SSSR count). The van der Waals surface area contributed by atoms with E-state index in [-0.39, 0.29) is 44.2 Å². The number of alkyl halides is 6. The van der Waals surface area contributed by atoms with Crippen molar-refractivity contribution in [2.24, 2.45) is 0 Å². The lowest BCUT2D eigenvalue weighted by Crippen LogP contribution is -2.49. The second-order valence-corrected chi connectivity index (χ2v) is 8.78. The number of anilines is 2. The molecular weight excluding hydrogens is 541 g/mol. The van der Waals surface area contributed by atoms with E-state index in [0.29, 0.717) is 12.4 Å². The summed E-state index contributed by atoms with van der Waals surface area (Å²) in [7, 11) is 0. The lowest BCUT2D eigenvalue weighted by molar-refractivity contribution is -0.139. The first-order valence-electron chi connectivity index (χ1n) is 11.4. The second kappa shape index (κ2) is 10.5. The van der Waals surface area contributed by atoms with Crippen molar-refractivity contribution in [2.45, 2.75) is 31.9 Å². The molecule has 0 aliphatic carbocycles. The number of amides is 1. The van der Waals surface area contributed by atoms with Gasteiger partial charge in [0.25, 0.3) is 11.5 Å². The summed E-state index contributed by atoms with van der Waals surface area (Å²) in [5.41, 5.74) is -4.44. The van der Waals surface area contributed by atoms with Crippen LogP contribution in [-0.4, -0.2) is 67.8 Å². The molecule has 3 aromatic rings. The number of aromatic amines is 1. The Morgan fingerprint density at radius 2 is 1.69 bits per heavy atom. The number of carbonyl (C=O) groups excluding carboxylic acids is 1. The zero-order valence-electron chi connectivity index (χ0n) is 20.1. The van der Waals surface area contributed by atoms with Gasteiger partial charge in [0.05, 0.1) is 23.0 Å². The number of H-pyrrole nitrogens is 1. The first kappa shape index (κ1) is 27.8. The molecule has 17 heteroatoms. The monoisotopic (exact) mass is 562 g/mol. The molecule has 1 atom stereocenters. The normalized spacial score (nSPS) is 15.4. The molecule has 4 heterocycles. The van der Waals surface area contributed by atoms with Gasteiger partial charge in [0.15, 0.2) is 5.95 Å². The minimum absolute atomic E-state index is 0.00716. The van der Waals surface area contributed by atoms with Crippen molar-refractivity contribution < 1.29 is 35.5 Å². The molecule has 1 fully saturated rings. The summed E-state index contributed by atoms with van der Waals surface area (Å²) in [6.07, 6.45) is -6.12. The first-order chi connectivity index (χ1) is 18.2. The van der Waals surface area contributed by atoms with Gasteiger partial charge >= 0.3 is 12.4 Å². The van der Waals surface area contributed by atoms with E-state index in [1.165, 1.54) is 18.0 Å². The van der Waals surface area contributed by atoms with Gasteiger partial charge in [0.1, 0.15) is 5.56 Å². The Kier molecular flexibility index (Phi) is 7.52. The number of carbonyl (C=O) groups is 1. The van der Waals surface area contributed by atoms with Gasteiger partial charge < -0.3 is 19.7 Å². The van der Waals surface area contributed by atoms with E-state index in [4.69, 9.17) is 0 Å². The third-order valence-electron chi connectivity index (χ3n) is 5.92. The molecular formula is C22H21F7N8O2. The van der Waals surface area contributed by atoms with Gasteiger partial charge in [-0.05, 0) is 6.92 Å². The highest BCUT2D eigenvalue weighted by atomic mass is 19.4. The first-order valence-corrected chi connectivity index (χ1v) is 11.4. The van der Waals surface area contributed by atoms with Crippen LogP contribution in [0.2, 0.25) is 0 Å². The van der Waals surface area contributed by atoms with Crippen LogP contribution in [0.3, 0.4) is 0 Å². The van der Waals surface area contributed by atoms with Crippen LogP contribution in [0.15, 0.2) is 35.6 Å². The topological polar surface area (TPSA) is 112 Å². The van der Waals surface area contributed by atoms with Gasteiger partial charge in [0.2, 0.25) is 5.95 Å². The largest absolute Gasteiger partial charge is 0.423 e. The highest BCUT2D eigenvalue weighted by molar-refractivity contribution is 5.94. The number of hydrogen-bond acceptors (Lipinski definition) is 7. The van der Waals surface area contributed by atoms with Gasteiger partial charge in [-0.1, -0.05) is 0 Å². The van der Waals surface area contributed by atoms with Crippen LogP contribution in [0.25, 0.3) is 0 Å². The van der Waals surface area contributed by atoms with Crippen molar-refractivity contribution in [2.75, 3.05) is 36.4 Å². The van der Waals surface area contributed by atoms with E-state index in [1.54, 1.807) is 10.00 Å². The maximum atomic E-state index is 14.6. The van der Waals surface area contributed by atoms with E-state index in [1.807, 2.05) is 0 Å². The zero-order chi connectivity index (χ0) is 28.5. The SMILES string of the molecule is C[C@@H](Cn1cc(C(=O)N2CCN(c3ncc(C(F)(F)F)cn3)CC2)cc1F)Nc1cn[nH]c(=O)c1C(F)(F)F. The molecule has 1 amide bonds. The summed E-state index contributed by atoms with van der Waals surface area (Å²) in [5.74, 6) is -1.22. The number of piperazine rings is 1. The molecule has 10 nitrogen and oxygen atoms in total. The Morgan fingerprint density at radius 3 is 2.28 bits per heavy atom. The molecule has 0 spiro atoms. The number of aromatic nitrogens is 5. The van der Waals surface area contributed by atoms with Crippen LogP contribution < -0.4 is 15.8 Å². The van der Waals surface area contributed by atoms with Crippen molar-refractivity contribution in [3.8, 4) is 0 Å². The highest BCUT2D eigenvalue weighted by Crippen LogP contribution is 2.32. The van der Waals surface area contributed by atoms with Gasteiger partial charge in [-0.25, -0.2) is 15.1 Å². The van der Waals surface area contributed by atoms with Crippen LogP contribution in [0.4, 0.5) is 42.4 Å². The van der Waals surface area contributed by atoms with E-state index >= 15 is 0 Å². The smallest absolute Gasteiger partial charge is 0.379 e. The average Bonchev–Trinajstić information content (AvgIpc) is 3.22. The van der Waals surface area contributed by atoms with Crippen LogP contribution >= 0.6 is 0 Å². The third kappa shape index (κ3) is 6.28. The van der Waals surface area contributed by atoms with Crippen molar-refractivity contribution in [1.29, 1.82) is 0 Å². The van der Waals surface area contributed by atoms with E-state index in [2.05, 4.69) is 20.4 Å². The van der Waals surface area contributed by atoms with Crippen molar-refractivity contribution in [1.82, 2.24) is 29.6 Å². The molecule has 2 N–H and O–H groups in total. The minimum atomic E-state index is -4.94. The van der Waals surface area contributed by atoms with Gasteiger partial charge in [-0.2, -0.15) is 35.8 Å². The van der Waals surface area contributed by atoms with Crippen molar-refractivity contribution >= 4 is 17.5 Å². The van der Waals surface area contributed by atoms with E-state index in [0.717, 1.165) is 16.8 Å². The summed E-state index contributed by atoms with van der Waals surface area (Å²) >= 11 is 0. The number of nitrogens with zero attached hydrogens (tertiary/aromatic N) is 6. The fourth-order valence-electron chi connectivity index (χ4n) is 4.05. The minimum Gasteiger partial charge on any atom is -0.379 e. The van der Waals surface area contributed by atoms with E-state index in [9.17, 15) is 40.3 Å². The highest BCUT2D eigenvalue weighted by Gasteiger charge is 2.37. The molecule has 1 aliphatic heterocycles. The van der Waals surface area contributed by atoms with Crippen molar-refractivity contribution in [3.63, 3.8) is 0 Å². The van der Waals surface area contributed by atoms with Gasteiger partial charge in [-0.3, -0.25) is 9.59 Å². The summed E-state index contributed by atoms with van der Waals surface area (Å²) in [4.78, 5) is 35.1. The number of rotatable bonds is 6. The van der Waals surface area contributed by atoms with Crippen LogP contribution in [0.1, 0.15) is 28.4 Å². The van der Waals surface area contributed by atoms with Crippen LogP contribution in [0, 0.1) is 5.95 Å². The quantitative estimate of drug-likeness (QED) is 0.445. The predicted octanol–water partition coefficient (Wildman–Crippen LogP) is 3.00. The fourth-order valence-corrected chi connectivity index (χ4v) is 4.05. The van der Waals surface area contributed by atoms with Gasteiger partial charge in [0, 0.05) is 63.4 Å². The molecule has 210 valence electrons. The fraction of sp³-hybridized carbons (Fsp3) is 0.409.